The number of rotatable bonds is 12. The minimum Gasteiger partial charge on any atom is -0.497 e. The zero-order valence-electron chi connectivity index (χ0n) is 16.8. The van der Waals surface area contributed by atoms with Crippen LogP contribution >= 0.6 is 0 Å². The van der Waals surface area contributed by atoms with Crippen molar-refractivity contribution in [3.8, 4) is 11.5 Å². The first-order chi connectivity index (χ1) is 13.6. The Kier molecular flexibility index (Phi) is 12.0. The van der Waals surface area contributed by atoms with Crippen LogP contribution in [0.15, 0.2) is 24.3 Å². The lowest BCUT2D eigenvalue weighted by molar-refractivity contribution is -0.170. The second kappa shape index (κ2) is 13.3. The normalized spacial score (nSPS) is 10.7. The maximum Gasteiger partial charge on any atom is 0.336 e. The Morgan fingerprint density at radius 2 is 1.52 bits per heavy atom. The second-order valence-electron chi connectivity index (χ2n) is 6.03. The molecule has 1 rings (SSSR count). The molecule has 0 aliphatic carbocycles. The maximum absolute atomic E-state index is 10.3. The number of carboxylic acids is 3. The lowest BCUT2D eigenvalue weighted by atomic mass is 9.96. The molecule has 1 aromatic carbocycles. The molecule has 0 aliphatic rings. The Hall–Kier alpha value is -2.85. The van der Waals surface area contributed by atoms with Crippen molar-refractivity contribution in [1.82, 2.24) is 4.90 Å². The van der Waals surface area contributed by atoms with E-state index < -0.39 is 36.4 Å². The molecule has 0 heterocycles. The van der Waals surface area contributed by atoms with E-state index >= 15 is 0 Å². The van der Waals surface area contributed by atoms with Crippen molar-refractivity contribution in [3.05, 3.63) is 24.3 Å². The first-order valence-electron chi connectivity index (χ1n) is 8.96. The van der Waals surface area contributed by atoms with E-state index in [2.05, 4.69) is 18.7 Å². The molecule has 0 amide bonds. The summed E-state index contributed by atoms with van der Waals surface area (Å²) in [4.78, 5) is 32.8. The summed E-state index contributed by atoms with van der Waals surface area (Å²) in [5, 5.41) is 33.8. The average Bonchev–Trinajstić information content (AvgIpc) is 2.64. The summed E-state index contributed by atoms with van der Waals surface area (Å²) in [6.45, 7) is 8.14. The van der Waals surface area contributed by atoms with E-state index in [4.69, 9.17) is 29.9 Å². The molecular formula is C19H29NO9. The van der Waals surface area contributed by atoms with Crippen LogP contribution in [0.25, 0.3) is 0 Å². The quantitative estimate of drug-likeness (QED) is 0.391. The van der Waals surface area contributed by atoms with E-state index in [0.717, 1.165) is 37.7 Å². The Bertz CT molecular complexity index is 643. The third-order valence-corrected chi connectivity index (χ3v) is 3.90. The van der Waals surface area contributed by atoms with Gasteiger partial charge >= 0.3 is 17.9 Å². The fraction of sp³-hybridized carbons (Fsp3) is 0.526. The summed E-state index contributed by atoms with van der Waals surface area (Å²) in [7, 11) is 1.66. The summed E-state index contributed by atoms with van der Waals surface area (Å²) in [5.41, 5.74) is -2.74. The first-order valence-corrected chi connectivity index (χ1v) is 8.96. The number of hydrogen-bond acceptors (Lipinski definition) is 7. The van der Waals surface area contributed by atoms with Gasteiger partial charge in [0.2, 0.25) is 0 Å². The predicted octanol–water partition coefficient (Wildman–Crippen LogP) is 1.17. The number of ether oxygens (including phenoxy) is 2. The van der Waals surface area contributed by atoms with Crippen LogP contribution in [0.3, 0.4) is 0 Å². The van der Waals surface area contributed by atoms with E-state index in [9.17, 15) is 14.4 Å². The van der Waals surface area contributed by atoms with Gasteiger partial charge in [0.05, 0.1) is 20.0 Å². The number of aliphatic hydroxyl groups is 1. The molecule has 10 heteroatoms. The first kappa shape index (κ1) is 26.1. The third kappa shape index (κ3) is 10.9. The number of hydrogen-bond donors (Lipinski definition) is 4. The van der Waals surface area contributed by atoms with Gasteiger partial charge in [-0.3, -0.25) is 9.59 Å². The van der Waals surface area contributed by atoms with E-state index in [0.29, 0.717) is 0 Å². The van der Waals surface area contributed by atoms with Crippen molar-refractivity contribution in [2.75, 3.05) is 33.4 Å². The SMILES string of the molecule is CCN(CC)CCOc1cccc(OC)c1.O=C(O)CC(O)(CC(=O)O)C(=O)O. The van der Waals surface area contributed by atoms with E-state index in [1.165, 1.54) is 0 Å². The van der Waals surface area contributed by atoms with Gasteiger partial charge in [-0.15, -0.1) is 0 Å². The topological polar surface area (TPSA) is 154 Å². The van der Waals surface area contributed by atoms with Crippen molar-refractivity contribution in [2.45, 2.75) is 32.3 Å². The molecule has 4 N–H and O–H groups in total. The highest BCUT2D eigenvalue weighted by Crippen LogP contribution is 2.18. The molecule has 0 unspecified atom stereocenters. The standard InChI is InChI=1S/C13H21NO2.C6H8O7/c1-4-14(5-2)9-10-16-13-8-6-7-12(11-13)15-3;7-3(8)1-6(13,5(11)12)2-4(9)10/h6-8,11H,4-5,9-10H2,1-3H3;13H,1-2H2,(H,7,8)(H,9,10)(H,11,12). The molecule has 0 spiro atoms. The van der Waals surface area contributed by atoms with Crippen LogP contribution in [0.5, 0.6) is 11.5 Å². The molecule has 0 aromatic heterocycles. The van der Waals surface area contributed by atoms with E-state index in [-0.39, 0.29) is 0 Å². The van der Waals surface area contributed by atoms with Gasteiger partial charge in [0.15, 0.2) is 5.60 Å². The maximum atomic E-state index is 10.3. The zero-order valence-corrected chi connectivity index (χ0v) is 16.8. The van der Waals surface area contributed by atoms with Gasteiger partial charge in [0, 0.05) is 12.6 Å². The van der Waals surface area contributed by atoms with Crippen LogP contribution in [0.2, 0.25) is 0 Å². The summed E-state index contributed by atoms with van der Waals surface area (Å²) in [5.74, 6) is -3.32. The summed E-state index contributed by atoms with van der Waals surface area (Å²) in [6.07, 6.45) is -2.29. The molecular weight excluding hydrogens is 386 g/mol. The Morgan fingerprint density at radius 1 is 1.00 bits per heavy atom. The summed E-state index contributed by atoms with van der Waals surface area (Å²) in [6, 6.07) is 7.70. The fourth-order valence-corrected chi connectivity index (χ4v) is 2.24. The monoisotopic (exact) mass is 415 g/mol. The highest BCUT2D eigenvalue weighted by Gasteiger charge is 2.40. The molecule has 0 atom stereocenters. The molecule has 29 heavy (non-hydrogen) atoms. The van der Waals surface area contributed by atoms with Crippen molar-refractivity contribution in [2.24, 2.45) is 0 Å². The molecule has 0 fully saturated rings. The molecule has 164 valence electrons. The second-order valence-corrected chi connectivity index (χ2v) is 6.03. The number of carboxylic acid groups (broad SMARTS) is 3. The lowest BCUT2D eigenvalue weighted by Crippen LogP contribution is -2.42. The lowest BCUT2D eigenvalue weighted by Gasteiger charge is -2.18. The largest absolute Gasteiger partial charge is 0.497 e. The fourth-order valence-electron chi connectivity index (χ4n) is 2.24. The number of nitrogens with zero attached hydrogens (tertiary/aromatic N) is 1. The predicted molar refractivity (Wildman–Crippen MR) is 103 cm³/mol. The van der Waals surface area contributed by atoms with Crippen LogP contribution in [0.1, 0.15) is 26.7 Å². The van der Waals surface area contributed by atoms with Crippen molar-refractivity contribution in [1.29, 1.82) is 0 Å². The molecule has 0 radical (unpaired) electrons. The molecule has 0 bridgehead atoms. The Balaban J connectivity index is 0.000000555. The van der Waals surface area contributed by atoms with Crippen LogP contribution in [0.4, 0.5) is 0 Å². The number of likely N-dealkylation sites (N-methyl/N-ethyl adjacent to an activating group) is 1. The minimum absolute atomic E-state index is 0.717. The van der Waals surface area contributed by atoms with Crippen molar-refractivity contribution >= 4 is 17.9 Å². The zero-order chi connectivity index (χ0) is 22.4. The highest BCUT2D eigenvalue weighted by atomic mass is 16.5. The van der Waals surface area contributed by atoms with Gasteiger partial charge in [0.25, 0.3) is 0 Å². The van der Waals surface area contributed by atoms with E-state index in [1.54, 1.807) is 7.11 Å². The number of aliphatic carboxylic acids is 3. The van der Waals surface area contributed by atoms with Crippen LogP contribution < -0.4 is 9.47 Å². The minimum atomic E-state index is -2.74. The van der Waals surface area contributed by atoms with Gasteiger partial charge in [-0.2, -0.15) is 0 Å². The molecule has 10 nitrogen and oxygen atoms in total. The van der Waals surface area contributed by atoms with Gasteiger partial charge in [-0.05, 0) is 25.2 Å². The molecule has 0 saturated heterocycles. The molecule has 0 aliphatic heterocycles. The van der Waals surface area contributed by atoms with E-state index in [1.807, 2.05) is 24.3 Å². The van der Waals surface area contributed by atoms with Crippen LogP contribution in [-0.2, 0) is 14.4 Å². The van der Waals surface area contributed by atoms with Crippen LogP contribution in [-0.4, -0.2) is 82.2 Å². The average molecular weight is 415 g/mol. The van der Waals surface area contributed by atoms with Crippen molar-refractivity contribution < 1.29 is 44.3 Å². The molecule has 0 saturated carbocycles. The highest BCUT2D eigenvalue weighted by molar-refractivity contribution is 5.88. The molecule has 1 aromatic rings. The van der Waals surface area contributed by atoms with Gasteiger partial charge < -0.3 is 34.8 Å². The van der Waals surface area contributed by atoms with Gasteiger partial charge in [0.1, 0.15) is 18.1 Å². The smallest absolute Gasteiger partial charge is 0.336 e. The number of carbonyl (C=O) groups is 3. The Labute approximate surface area is 169 Å². The summed E-state index contributed by atoms with van der Waals surface area (Å²) >= 11 is 0. The van der Waals surface area contributed by atoms with Gasteiger partial charge in [-0.1, -0.05) is 19.9 Å². The summed E-state index contributed by atoms with van der Waals surface area (Å²) < 4.78 is 10.8. The Morgan fingerprint density at radius 3 is 1.93 bits per heavy atom. The third-order valence-electron chi connectivity index (χ3n) is 3.90. The van der Waals surface area contributed by atoms with Crippen molar-refractivity contribution in [3.63, 3.8) is 0 Å². The van der Waals surface area contributed by atoms with Crippen LogP contribution in [0, 0.1) is 0 Å². The van der Waals surface area contributed by atoms with Gasteiger partial charge in [-0.25, -0.2) is 4.79 Å². The number of methoxy groups -OCH3 is 1. The number of benzene rings is 1.